The second-order valence-corrected chi connectivity index (χ2v) is 9.35. The lowest BCUT2D eigenvalue weighted by Gasteiger charge is -2.18. The molecular formula is C14H25NO2S2. The Balaban J connectivity index is 2.94. The second-order valence-electron chi connectivity index (χ2n) is 6.05. The molecule has 0 aliphatic carbocycles. The van der Waals surface area contributed by atoms with E-state index in [1.165, 1.54) is 11.1 Å². The first-order valence-corrected chi connectivity index (χ1v) is 9.52. The molecule has 1 unspecified atom stereocenters. The number of sulfone groups is 1. The molecule has 1 aromatic rings. The highest BCUT2D eigenvalue weighted by Gasteiger charge is 2.22. The van der Waals surface area contributed by atoms with E-state index in [-0.39, 0.29) is 17.2 Å². The number of thiophene rings is 1. The van der Waals surface area contributed by atoms with Crippen molar-refractivity contribution in [2.75, 3.05) is 18.6 Å². The molecule has 0 amide bonds. The minimum atomic E-state index is -2.98. The zero-order valence-electron chi connectivity index (χ0n) is 12.5. The quantitative estimate of drug-likeness (QED) is 0.878. The largest absolute Gasteiger partial charge is 0.308 e. The maximum absolute atomic E-state index is 11.5. The van der Waals surface area contributed by atoms with Crippen molar-refractivity contribution in [1.29, 1.82) is 0 Å². The minimum Gasteiger partial charge on any atom is -0.308 e. The highest BCUT2D eigenvalue weighted by atomic mass is 32.2. The van der Waals surface area contributed by atoms with E-state index in [9.17, 15) is 8.42 Å². The molecule has 0 aliphatic heterocycles. The Kier molecular flexibility index (Phi) is 5.59. The Morgan fingerprint density at radius 2 is 1.95 bits per heavy atom. The average molecular weight is 303 g/mol. The third-order valence-corrected chi connectivity index (χ3v) is 5.38. The van der Waals surface area contributed by atoms with Gasteiger partial charge in [-0.3, -0.25) is 0 Å². The van der Waals surface area contributed by atoms with Crippen molar-refractivity contribution in [3.8, 4) is 0 Å². The molecule has 0 radical (unpaired) electrons. The van der Waals surface area contributed by atoms with Gasteiger partial charge < -0.3 is 5.32 Å². The summed E-state index contributed by atoms with van der Waals surface area (Å²) in [6.45, 7) is 9.44. The number of rotatable bonds is 6. The monoisotopic (exact) mass is 303 g/mol. The third-order valence-electron chi connectivity index (χ3n) is 2.82. The van der Waals surface area contributed by atoms with Crippen LogP contribution in [0, 0.1) is 0 Å². The first-order chi connectivity index (χ1) is 8.63. The van der Waals surface area contributed by atoms with Crippen molar-refractivity contribution < 1.29 is 8.42 Å². The maximum atomic E-state index is 11.5. The molecule has 1 heterocycles. The standard InChI is InChI=1S/C14H25NO2S2/c1-6-9-15-11(10-19(5,16)17)12-7-8-13(18-12)14(2,3)4/h7-8,11,15H,6,9-10H2,1-5H3. The molecule has 1 aromatic heterocycles. The van der Waals surface area contributed by atoms with Crippen LogP contribution in [0.5, 0.6) is 0 Å². The minimum absolute atomic E-state index is 0.0870. The summed E-state index contributed by atoms with van der Waals surface area (Å²) in [5.74, 6) is 0.164. The van der Waals surface area contributed by atoms with Crippen LogP contribution in [0.1, 0.15) is 49.9 Å². The van der Waals surface area contributed by atoms with E-state index in [1.807, 2.05) is 0 Å². The van der Waals surface area contributed by atoms with Crippen LogP contribution in [-0.2, 0) is 15.3 Å². The molecule has 0 aliphatic rings. The molecule has 0 spiro atoms. The molecular weight excluding hydrogens is 278 g/mol. The summed E-state index contributed by atoms with van der Waals surface area (Å²) in [6.07, 6.45) is 2.30. The van der Waals surface area contributed by atoms with Crippen molar-refractivity contribution >= 4 is 21.2 Å². The topological polar surface area (TPSA) is 46.2 Å². The van der Waals surface area contributed by atoms with Gasteiger partial charge in [0.15, 0.2) is 0 Å². The van der Waals surface area contributed by atoms with Gasteiger partial charge in [0.1, 0.15) is 9.84 Å². The van der Waals surface area contributed by atoms with Gasteiger partial charge in [-0.15, -0.1) is 11.3 Å². The summed E-state index contributed by atoms with van der Waals surface area (Å²) >= 11 is 1.71. The normalized spacial score (nSPS) is 14.6. The van der Waals surface area contributed by atoms with Crippen LogP contribution in [0.15, 0.2) is 12.1 Å². The van der Waals surface area contributed by atoms with E-state index in [0.29, 0.717) is 0 Å². The Morgan fingerprint density at radius 1 is 1.32 bits per heavy atom. The van der Waals surface area contributed by atoms with Gasteiger partial charge in [-0.05, 0) is 30.5 Å². The van der Waals surface area contributed by atoms with E-state index >= 15 is 0 Å². The molecule has 0 aromatic carbocycles. The van der Waals surface area contributed by atoms with E-state index in [2.05, 4.69) is 45.1 Å². The van der Waals surface area contributed by atoms with Crippen molar-refractivity contribution in [1.82, 2.24) is 5.32 Å². The van der Waals surface area contributed by atoms with Gasteiger partial charge >= 0.3 is 0 Å². The molecule has 0 saturated carbocycles. The molecule has 5 heteroatoms. The molecule has 19 heavy (non-hydrogen) atoms. The fraction of sp³-hybridized carbons (Fsp3) is 0.714. The molecule has 110 valence electrons. The van der Waals surface area contributed by atoms with Crippen molar-refractivity contribution in [2.45, 2.75) is 45.6 Å². The van der Waals surface area contributed by atoms with Crippen molar-refractivity contribution in [2.24, 2.45) is 0 Å². The van der Waals surface area contributed by atoms with E-state index in [1.54, 1.807) is 11.3 Å². The van der Waals surface area contributed by atoms with Crippen molar-refractivity contribution in [3.63, 3.8) is 0 Å². The Morgan fingerprint density at radius 3 is 2.37 bits per heavy atom. The smallest absolute Gasteiger partial charge is 0.149 e. The van der Waals surface area contributed by atoms with Gasteiger partial charge in [-0.1, -0.05) is 27.7 Å². The zero-order chi connectivity index (χ0) is 14.7. The van der Waals surface area contributed by atoms with Crippen LogP contribution in [0.4, 0.5) is 0 Å². The molecule has 0 saturated heterocycles. The van der Waals surface area contributed by atoms with Gasteiger partial charge in [-0.25, -0.2) is 8.42 Å². The van der Waals surface area contributed by atoms with Gasteiger partial charge in [0.25, 0.3) is 0 Å². The summed E-state index contributed by atoms with van der Waals surface area (Å²) in [5, 5.41) is 3.34. The van der Waals surface area contributed by atoms with Crippen LogP contribution >= 0.6 is 11.3 Å². The highest BCUT2D eigenvalue weighted by molar-refractivity contribution is 7.90. The lowest BCUT2D eigenvalue weighted by Crippen LogP contribution is -2.27. The molecule has 0 fully saturated rings. The van der Waals surface area contributed by atoms with Gasteiger partial charge in [0.2, 0.25) is 0 Å². The lowest BCUT2D eigenvalue weighted by atomic mass is 9.95. The van der Waals surface area contributed by atoms with Gasteiger partial charge in [0, 0.05) is 16.0 Å². The molecule has 0 bridgehead atoms. The SMILES string of the molecule is CCCNC(CS(C)(=O)=O)c1ccc(C(C)(C)C)s1. The number of hydrogen-bond donors (Lipinski definition) is 1. The maximum Gasteiger partial charge on any atom is 0.149 e. The predicted octanol–water partition coefficient (Wildman–Crippen LogP) is 3.13. The highest BCUT2D eigenvalue weighted by Crippen LogP contribution is 2.32. The van der Waals surface area contributed by atoms with Gasteiger partial charge in [0.05, 0.1) is 11.8 Å². The average Bonchev–Trinajstić information content (AvgIpc) is 2.71. The summed E-state index contributed by atoms with van der Waals surface area (Å²) < 4.78 is 23.1. The summed E-state index contributed by atoms with van der Waals surface area (Å²) in [4.78, 5) is 2.41. The van der Waals surface area contributed by atoms with E-state index in [4.69, 9.17) is 0 Å². The van der Waals surface area contributed by atoms with E-state index in [0.717, 1.165) is 17.8 Å². The molecule has 1 rings (SSSR count). The van der Waals surface area contributed by atoms with Crippen LogP contribution in [0.25, 0.3) is 0 Å². The van der Waals surface area contributed by atoms with Crippen LogP contribution < -0.4 is 5.32 Å². The number of hydrogen-bond acceptors (Lipinski definition) is 4. The fourth-order valence-corrected chi connectivity index (χ4v) is 3.96. The molecule has 1 N–H and O–H groups in total. The summed E-state index contributed by atoms with van der Waals surface area (Å²) in [5.41, 5.74) is 0.114. The van der Waals surface area contributed by atoms with Crippen molar-refractivity contribution in [3.05, 3.63) is 21.9 Å². The number of nitrogens with one attached hydrogen (secondary N) is 1. The lowest BCUT2D eigenvalue weighted by molar-refractivity contribution is 0.554. The Bertz CT molecular complexity index is 498. The Hall–Kier alpha value is -0.390. The summed E-state index contributed by atoms with van der Waals surface area (Å²) in [6, 6.07) is 4.09. The first kappa shape index (κ1) is 16.7. The molecule has 3 nitrogen and oxygen atoms in total. The summed E-state index contributed by atoms with van der Waals surface area (Å²) in [7, 11) is -2.98. The van der Waals surface area contributed by atoms with Crippen LogP contribution in [-0.4, -0.2) is 27.0 Å². The van der Waals surface area contributed by atoms with Gasteiger partial charge in [-0.2, -0.15) is 0 Å². The van der Waals surface area contributed by atoms with Crippen LogP contribution in [0.2, 0.25) is 0 Å². The van der Waals surface area contributed by atoms with Crippen LogP contribution in [0.3, 0.4) is 0 Å². The molecule has 1 atom stereocenters. The first-order valence-electron chi connectivity index (χ1n) is 6.65. The predicted molar refractivity (Wildman–Crippen MR) is 83.8 cm³/mol. The Labute approximate surface area is 121 Å². The fourth-order valence-electron chi connectivity index (χ4n) is 1.81. The third kappa shape index (κ3) is 5.63. The second kappa shape index (κ2) is 6.37. The van der Waals surface area contributed by atoms with E-state index < -0.39 is 9.84 Å². The zero-order valence-corrected chi connectivity index (χ0v) is 14.1.